The van der Waals surface area contributed by atoms with Crippen LogP contribution in [-0.4, -0.2) is 34.4 Å². The van der Waals surface area contributed by atoms with Gasteiger partial charge in [-0.3, -0.25) is 14.7 Å². The van der Waals surface area contributed by atoms with Crippen LogP contribution in [0.1, 0.15) is 45.7 Å². The van der Waals surface area contributed by atoms with Crippen LogP contribution in [0.4, 0.5) is 0 Å². The van der Waals surface area contributed by atoms with Crippen LogP contribution in [0, 0.1) is 0 Å². The number of carbonyl (C=O) groups excluding carboxylic acids is 1. The first-order valence-corrected chi connectivity index (χ1v) is 6.89. The number of primary amides is 1. The number of pyridine rings is 1. The van der Waals surface area contributed by atoms with Gasteiger partial charge in [-0.1, -0.05) is 6.07 Å². The third kappa shape index (κ3) is 4.63. The minimum absolute atomic E-state index is 0.300. The first kappa shape index (κ1) is 15.6. The van der Waals surface area contributed by atoms with Crippen molar-refractivity contribution in [1.29, 1.82) is 0 Å². The molecule has 106 valence electrons. The molecule has 0 bridgehead atoms. The lowest BCUT2D eigenvalue weighted by Gasteiger charge is -2.31. The van der Waals surface area contributed by atoms with Gasteiger partial charge in [0.05, 0.1) is 11.6 Å². The SMILES string of the molecule is CC(C)N(CCC(C(N)=O)c1ccccn1)C(C)C. The molecule has 0 aliphatic rings. The minimum Gasteiger partial charge on any atom is -0.369 e. The number of amides is 1. The highest BCUT2D eigenvalue weighted by Gasteiger charge is 2.22. The Balaban J connectivity index is 2.73. The molecule has 1 aromatic heterocycles. The summed E-state index contributed by atoms with van der Waals surface area (Å²) in [6.07, 6.45) is 2.41. The van der Waals surface area contributed by atoms with E-state index in [1.165, 1.54) is 0 Å². The normalized spacial score (nSPS) is 13.2. The second-order valence-electron chi connectivity index (χ2n) is 5.42. The fraction of sp³-hybridized carbons (Fsp3) is 0.600. The van der Waals surface area contributed by atoms with Gasteiger partial charge in [0, 0.05) is 18.3 Å². The molecule has 1 atom stereocenters. The highest BCUT2D eigenvalue weighted by atomic mass is 16.1. The molecule has 19 heavy (non-hydrogen) atoms. The summed E-state index contributed by atoms with van der Waals surface area (Å²) in [5.74, 6) is -0.604. The zero-order valence-electron chi connectivity index (χ0n) is 12.3. The molecule has 1 amide bonds. The van der Waals surface area contributed by atoms with E-state index in [1.54, 1.807) is 6.20 Å². The first-order valence-electron chi connectivity index (χ1n) is 6.89. The maximum Gasteiger partial charge on any atom is 0.226 e. The zero-order chi connectivity index (χ0) is 14.4. The molecule has 0 fully saturated rings. The highest BCUT2D eigenvalue weighted by Crippen LogP contribution is 2.19. The Morgan fingerprint density at radius 3 is 2.32 bits per heavy atom. The Morgan fingerprint density at radius 1 is 1.26 bits per heavy atom. The lowest BCUT2D eigenvalue weighted by molar-refractivity contribution is -0.119. The predicted octanol–water partition coefficient (Wildman–Crippen LogP) is 2.16. The van der Waals surface area contributed by atoms with Crippen molar-refractivity contribution in [3.63, 3.8) is 0 Å². The van der Waals surface area contributed by atoms with Gasteiger partial charge in [-0.05, 0) is 52.8 Å². The summed E-state index contributed by atoms with van der Waals surface area (Å²) in [7, 11) is 0. The maximum atomic E-state index is 11.6. The van der Waals surface area contributed by atoms with Crippen LogP contribution < -0.4 is 5.73 Å². The van der Waals surface area contributed by atoms with E-state index in [4.69, 9.17) is 5.73 Å². The first-order chi connectivity index (χ1) is 8.93. The van der Waals surface area contributed by atoms with Crippen LogP contribution in [0.5, 0.6) is 0 Å². The van der Waals surface area contributed by atoms with Gasteiger partial charge in [0.1, 0.15) is 0 Å². The molecule has 4 heteroatoms. The molecule has 2 N–H and O–H groups in total. The van der Waals surface area contributed by atoms with Crippen molar-refractivity contribution in [2.24, 2.45) is 5.73 Å². The minimum atomic E-state index is -0.304. The Hall–Kier alpha value is -1.42. The van der Waals surface area contributed by atoms with Crippen molar-refractivity contribution in [1.82, 2.24) is 9.88 Å². The second kappa shape index (κ2) is 7.24. The number of nitrogens with two attached hydrogens (primary N) is 1. The average Bonchev–Trinajstić information content (AvgIpc) is 2.34. The van der Waals surface area contributed by atoms with Gasteiger partial charge in [0.15, 0.2) is 0 Å². The van der Waals surface area contributed by atoms with Gasteiger partial charge in [0.2, 0.25) is 5.91 Å². The molecule has 0 aromatic carbocycles. The fourth-order valence-electron chi connectivity index (χ4n) is 2.41. The quantitative estimate of drug-likeness (QED) is 0.820. The largest absolute Gasteiger partial charge is 0.369 e. The highest BCUT2D eigenvalue weighted by molar-refractivity contribution is 5.81. The smallest absolute Gasteiger partial charge is 0.226 e. The molecule has 1 rings (SSSR count). The second-order valence-corrected chi connectivity index (χ2v) is 5.42. The summed E-state index contributed by atoms with van der Waals surface area (Å²) < 4.78 is 0. The van der Waals surface area contributed by atoms with Crippen molar-refractivity contribution in [3.8, 4) is 0 Å². The molecule has 1 heterocycles. The molecule has 0 saturated carbocycles. The number of hydrogen-bond donors (Lipinski definition) is 1. The van der Waals surface area contributed by atoms with E-state index >= 15 is 0 Å². The summed E-state index contributed by atoms with van der Waals surface area (Å²) in [4.78, 5) is 18.2. The van der Waals surface area contributed by atoms with E-state index in [1.807, 2.05) is 18.2 Å². The third-order valence-corrected chi connectivity index (χ3v) is 3.39. The Labute approximate surface area is 116 Å². The third-order valence-electron chi connectivity index (χ3n) is 3.39. The summed E-state index contributed by atoms with van der Waals surface area (Å²) in [5, 5.41) is 0. The van der Waals surface area contributed by atoms with E-state index in [0.717, 1.165) is 12.2 Å². The monoisotopic (exact) mass is 263 g/mol. The summed E-state index contributed by atoms with van der Waals surface area (Å²) >= 11 is 0. The summed E-state index contributed by atoms with van der Waals surface area (Å²) in [5.41, 5.74) is 6.28. The van der Waals surface area contributed by atoms with Crippen molar-refractivity contribution < 1.29 is 4.79 Å². The van der Waals surface area contributed by atoms with Gasteiger partial charge >= 0.3 is 0 Å². The lowest BCUT2D eigenvalue weighted by Crippen LogP contribution is -2.39. The molecule has 1 unspecified atom stereocenters. The molecule has 0 saturated heterocycles. The summed E-state index contributed by atoms with van der Waals surface area (Å²) in [6.45, 7) is 9.51. The molecule has 4 nitrogen and oxygen atoms in total. The molecule has 0 spiro atoms. The van der Waals surface area contributed by atoms with Gasteiger partial charge < -0.3 is 5.73 Å². The number of carbonyl (C=O) groups is 1. The van der Waals surface area contributed by atoms with E-state index in [0.29, 0.717) is 18.5 Å². The zero-order valence-corrected chi connectivity index (χ0v) is 12.3. The number of nitrogens with zero attached hydrogens (tertiary/aromatic N) is 2. The standard InChI is InChI=1S/C15H25N3O/c1-11(2)18(12(3)4)10-8-13(15(16)19)14-7-5-6-9-17-14/h5-7,9,11-13H,8,10H2,1-4H3,(H2,16,19). The number of aromatic nitrogens is 1. The van der Waals surface area contributed by atoms with Crippen molar-refractivity contribution >= 4 is 5.91 Å². The van der Waals surface area contributed by atoms with Gasteiger partial charge in [0.25, 0.3) is 0 Å². The van der Waals surface area contributed by atoms with Crippen LogP contribution >= 0.6 is 0 Å². The maximum absolute atomic E-state index is 11.6. The van der Waals surface area contributed by atoms with Crippen LogP contribution in [-0.2, 0) is 4.79 Å². The molecular weight excluding hydrogens is 238 g/mol. The fourth-order valence-corrected chi connectivity index (χ4v) is 2.41. The number of rotatable bonds is 7. The van der Waals surface area contributed by atoms with Crippen molar-refractivity contribution in [3.05, 3.63) is 30.1 Å². The Kier molecular flexibility index (Phi) is 5.96. The van der Waals surface area contributed by atoms with Gasteiger partial charge in [-0.25, -0.2) is 0 Å². The van der Waals surface area contributed by atoms with E-state index in [9.17, 15) is 4.79 Å². The topological polar surface area (TPSA) is 59.2 Å². The van der Waals surface area contributed by atoms with Gasteiger partial charge in [-0.15, -0.1) is 0 Å². The van der Waals surface area contributed by atoms with E-state index < -0.39 is 0 Å². The predicted molar refractivity (Wildman–Crippen MR) is 77.8 cm³/mol. The molecule has 0 aliphatic carbocycles. The molecule has 1 aromatic rings. The molecule has 0 radical (unpaired) electrons. The number of hydrogen-bond acceptors (Lipinski definition) is 3. The average molecular weight is 263 g/mol. The van der Waals surface area contributed by atoms with Crippen LogP contribution in [0.3, 0.4) is 0 Å². The van der Waals surface area contributed by atoms with Crippen LogP contribution in [0.2, 0.25) is 0 Å². The van der Waals surface area contributed by atoms with E-state index in [-0.39, 0.29) is 11.8 Å². The van der Waals surface area contributed by atoms with Crippen LogP contribution in [0.25, 0.3) is 0 Å². The van der Waals surface area contributed by atoms with Crippen LogP contribution in [0.15, 0.2) is 24.4 Å². The van der Waals surface area contributed by atoms with Crippen molar-refractivity contribution in [2.45, 2.75) is 52.1 Å². The molecular formula is C15H25N3O. The van der Waals surface area contributed by atoms with Gasteiger partial charge in [-0.2, -0.15) is 0 Å². The summed E-state index contributed by atoms with van der Waals surface area (Å²) in [6, 6.07) is 6.51. The Morgan fingerprint density at radius 2 is 1.89 bits per heavy atom. The molecule has 0 aliphatic heterocycles. The lowest BCUT2D eigenvalue weighted by atomic mass is 9.99. The Bertz CT molecular complexity index is 382. The van der Waals surface area contributed by atoms with E-state index in [2.05, 4.69) is 37.6 Å². The van der Waals surface area contributed by atoms with Crippen molar-refractivity contribution in [2.75, 3.05) is 6.54 Å².